The maximum absolute atomic E-state index is 12.9. The van der Waals surface area contributed by atoms with E-state index in [1.807, 2.05) is 38.1 Å². The average molecular weight is 346 g/mol. The number of benzene rings is 2. The minimum absolute atomic E-state index is 0.116. The van der Waals surface area contributed by atoms with Gasteiger partial charge in [0.05, 0.1) is 6.10 Å². The van der Waals surface area contributed by atoms with Crippen molar-refractivity contribution in [3.8, 4) is 5.75 Å². The van der Waals surface area contributed by atoms with Crippen LogP contribution in [-0.4, -0.2) is 17.1 Å². The van der Waals surface area contributed by atoms with Crippen LogP contribution in [0.3, 0.4) is 0 Å². The summed E-state index contributed by atoms with van der Waals surface area (Å²) in [6.07, 6.45) is 1.02. The van der Waals surface area contributed by atoms with Gasteiger partial charge < -0.3 is 10.1 Å². The highest BCUT2D eigenvalue weighted by atomic mass is 32.1. The first kappa shape index (κ1) is 17.9. The summed E-state index contributed by atoms with van der Waals surface area (Å²) in [4.78, 5) is 12.0. The van der Waals surface area contributed by atoms with Crippen LogP contribution in [0.15, 0.2) is 48.5 Å². The van der Waals surface area contributed by atoms with Gasteiger partial charge in [0.1, 0.15) is 11.6 Å². The van der Waals surface area contributed by atoms with E-state index in [1.54, 1.807) is 0 Å². The molecule has 0 fully saturated rings. The monoisotopic (exact) mass is 346 g/mol. The SMILES string of the molecule is CCC(C)Oc1cccc(NC(=S)NC(=O)c2ccc(F)cc2)c1. The highest BCUT2D eigenvalue weighted by molar-refractivity contribution is 7.80. The molecule has 1 atom stereocenters. The Morgan fingerprint density at radius 2 is 1.96 bits per heavy atom. The van der Waals surface area contributed by atoms with Crippen LogP contribution in [-0.2, 0) is 0 Å². The molecule has 1 unspecified atom stereocenters. The van der Waals surface area contributed by atoms with Gasteiger partial charge in [0, 0.05) is 17.3 Å². The highest BCUT2D eigenvalue weighted by Gasteiger charge is 2.09. The number of hydrogen-bond acceptors (Lipinski definition) is 3. The third-order valence-electron chi connectivity index (χ3n) is 3.34. The molecule has 0 heterocycles. The molecule has 126 valence electrons. The van der Waals surface area contributed by atoms with Crippen LogP contribution in [0, 0.1) is 5.82 Å². The van der Waals surface area contributed by atoms with Crippen LogP contribution in [0.4, 0.5) is 10.1 Å². The second-order valence-electron chi connectivity index (χ2n) is 5.28. The standard InChI is InChI=1S/C18H19FN2O2S/c1-3-12(2)23-16-6-4-5-15(11-16)20-18(24)21-17(22)13-7-9-14(19)10-8-13/h4-12H,3H2,1-2H3,(H2,20,21,22,24). The van der Waals surface area contributed by atoms with Gasteiger partial charge in [0.2, 0.25) is 0 Å². The molecular weight excluding hydrogens is 327 g/mol. The van der Waals surface area contributed by atoms with Crippen molar-refractivity contribution in [1.29, 1.82) is 0 Å². The summed E-state index contributed by atoms with van der Waals surface area (Å²) in [5.41, 5.74) is 1.04. The average Bonchev–Trinajstić information content (AvgIpc) is 2.55. The molecule has 4 nitrogen and oxygen atoms in total. The molecule has 0 bridgehead atoms. The van der Waals surface area contributed by atoms with Gasteiger partial charge in [-0.1, -0.05) is 13.0 Å². The zero-order chi connectivity index (χ0) is 17.5. The van der Waals surface area contributed by atoms with Gasteiger partial charge in [0.25, 0.3) is 5.91 Å². The zero-order valence-electron chi connectivity index (χ0n) is 13.5. The smallest absolute Gasteiger partial charge is 0.257 e. The van der Waals surface area contributed by atoms with Gasteiger partial charge in [-0.2, -0.15) is 0 Å². The lowest BCUT2D eigenvalue weighted by molar-refractivity contribution is 0.0977. The molecule has 0 spiro atoms. The van der Waals surface area contributed by atoms with Crippen LogP contribution >= 0.6 is 12.2 Å². The fourth-order valence-corrected chi connectivity index (χ4v) is 2.11. The van der Waals surface area contributed by atoms with Crippen LogP contribution < -0.4 is 15.4 Å². The number of halogens is 1. The van der Waals surface area contributed by atoms with Crippen LogP contribution in [0.5, 0.6) is 5.75 Å². The van der Waals surface area contributed by atoms with E-state index in [9.17, 15) is 9.18 Å². The van der Waals surface area contributed by atoms with E-state index >= 15 is 0 Å². The van der Waals surface area contributed by atoms with E-state index < -0.39 is 11.7 Å². The second-order valence-corrected chi connectivity index (χ2v) is 5.69. The maximum atomic E-state index is 12.9. The Morgan fingerprint density at radius 3 is 2.62 bits per heavy atom. The minimum atomic E-state index is -0.403. The molecule has 2 N–H and O–H groups in total. The Kier molecular flexibility index (Phi) is 6.26. The molecule has 2 aromatic carbocycles. The lowest BCUT2D eigenvalue weighted by Crippen LogP contribution is -2.34. The summed E-state index contributed by atoms with van der Waals surface area (Å²) in [7, 11) is 0. The van der Waals surface area contributed by atoms with Crippen molar-refractivity contribution in [3.63, 3.8) is 0 Å². The number of rotatable bonds is 5. The van der Waals surface area contributed by atoms with Crippen molar-refractivity contribution in [1.82, 2.24) is 5.32 Å². The second kappa shape index (κ2) is 8.40. The Morgan fingerprint density at radius 1 is 1.25 bits per heavy atom. The molecule has 0 aromatic heterocycles. The Bertz CT molecular complexity index is 719. The van der Waals surface area contributed by atoms with E-state index in [2.05, 4.69) is 10.6 Å². The van der Waals surface area contributed by atoms with Crippen molar-refractivity contribution in [2.24, 2.45) is 0 Å². The normalized spacial score (nSPS) is 11.5. The molecular formula is C18H19FN2O2S. The molecule has 2 rings (SSSR count). The number of carbonyl (C=O) groups excluding carboxylic acids is 1. The lowest BCUT2D eigenvalue weighted by Gasteiger charge is -2.14. The maximum Gasteiger partial charge on any atom is 0.257 e. The molecule has 0 aliphatic rings. The van der Waals surface area contributed by atoms with Crippen molar-refractivity contribution < 1.29 is 13.9 Å². The van der Waals surface area contributed by atoms with E-state index in [0.29, 0.717) is 11.3 Å². The first-order chi connectivity index (χ1) is 11.5. The third-order valence-corrected chi connectivity index (χ3v) is 3.54. The number of nitrogens with one attached hydrogen (secondary N) is 2. The van der Waals surface area contributed by atoms with Gasteiger partial charge in [-0.25, -0.2) is 4.39 Å². The molecule has 0 radical (unpaired) electrons. The van der Waals surface area contributed by atoms with E-state index in [4.69, 9.17) is 17.0 Å². The van der Waals surface area contributed by atoms with Crippen molar-refractivity contribution in [3.05, 3.63) is 59.9 Å². The summed E-state index contributed by atoms with van der Waals surface area (Å²) in [5, 5.41) is 5.64. The Balaban J connectivity index is 1.95. The lowest BCUT2D eigenvalue weighted by atomic mass is 10.2. The Labute approximate surface area is 146 Å². The highest BCUT2D eigenvalue weighted by Crippen LogP contribution is 2.19. The summed E-state index contributed by atoms with van der Waals surface area (Å²) in [5.74, 6) is -0.0769. The number of ether oxygens (including phenoxy) is 1. The van der Waals surface area contributed by atoms with Gasteiger partial charge >= 0.3 is 0 Å². The van der Waals surface area contributed by atoms with Gasteiger partial charge in [-0.15, -0.1) is 0 Å². The number of carbonyl (C=O) groups is 1. The number of amides is 1. The molecule has 0 aliphatic carbocycles. The first-order valence-electron chi connectivity index (χ1n) is 7.62. The minimum Gasteiger partial charge on any atom is -0.491 e. The molecule has 0 saturated heterocycles. The van der Waals surface area contributed by atoms with Gasteiger partial charge in [-0.05, 0) is 62.0 Å². The number of anilines is 1. The predicted molar refractivity (Wildman–Crippen MR) is 96.9 cm³/mol. The van der Waals surface area contributed by atoms with Crippen LogP contribution in [0.2, 0.25) is 0 Å². The molecule has 1 amide bonds. The predicted octanol–water partition coefficient (Wildman–Crippen LogP) is 4.13. The molecule has 2 aromatic rings. The first-order valence-corrected chi connectivity index (χ1v) is 8.03. The molecule has 0 aliphatic heterocycles. The van der Waals surface area contributed by atoms with E-state index in [1.165, 1.54) is 24.3 Å². The van der Waals surface area contributed by atoms with E-state index in [-0.39, 0.29) is 11.2 Å². The van der Waals surface area contributed by atoms with E-state index in [0.717, 1.165) is 12.2 Å². The summed E-state index contributed by atoms with van der Waals surface area (Å²) in [6, 6.07) is 12.6. The van der Waals surface area contributed by atoms with Crippen molar-refractivity contribution >= 4 is 28.9 Å². The molecule has 6 heteroatoms. The van der Waals surface area contributed by atoms with Crippen LogP contribution in [0.25, 0.3) is 0 Å². The van der Waals surface area contributed by atoms with Gasteiger partial charge in [0.15, 0.2) is 5.11 Å². The molecule has 24 heavy (non-hydrogen) atoms. The summed E-state index contributed by atoms with van der Waals surface area (Å²) >= 11 is 5.13. The summed E-state index contributed by atoms with van der Waals surface area (Å²) < 4.78 is 18.6. The number of hydrogen-bond donors (Lipinski definition) is 2. The van der Waals surface area contributed by atoms with Crippen molar-refractivity contribution in [2.75, 3.05) is 5.32 Å². The molecule has 0 saturated carbocycles. The fraction of sp³-hybridized carbons (Fsp3) is 0.222. The van der Waals surface area contributed by atoms with Crippen molar-refractivity contribution in [2.45, 2.75) is 26.4 Å². The topological polar surface area (TPSA) is 50.4 Å². The summed E-state index contributed by atoms with van der Waals surface area (Å²) in [6.45, 7) is 4.04. The van der Waals surface area contributed by atoms with Gasteiger partial charge in [-0.3, -0.25) is 10.1 Å². The third kappa shape index (κ3) is 5.31. The number of thiocarbonyl (C=S) groups is 1. The zero-order valence-corrected chi connectivity index (χ0v) is 14.3. The Hall–Kier alpha value is -2.47. The van der Waals surface area contributed by atoms with Crippen LogP contribution in [0.1, 0.15) is 30.6 Å². The fourth-order valence-electron chi connectivity index (χ4n) is 1.90. The largest absolute Gasteiger partial charge is 0.491 e. The quantitative estimate of drug-likeness (QED) is 0.799.